The Kier molecular flexibility index (Phi) is 3.77. The van der Waals surface area contributed by atoms with Crippen LogP contribution in [-0.4, -0.2) is 16.1 Å². The first-order valence-corrected chi connectivity index (χ1v) is 6.70. The molecule has 0 saturated heterocycles. The van der Waals surface area contributed by atoms with E-state index in [0.717, 1.165) is 16.1 Å². The van der Waals surface area contributed by atoms with Crippen molar-refractivity contribution < 1.29 is 9.90 Å². The van der Waals surface area contributed by atoms with Crippen LogP contribution in [0, 0.1) is 0 Å². The molecule has 4 heteroatoms. The molecule has 18 heavy (non-hydrogen) atoms. The molecule has 0 aliphatic rings. The van der Waals surface area contributed by atoms with Gasteiger partial charge in [-0.25, -0.2) is 4.98 Å². The fourth-order valence-electron chi connectivity index (χ4n) is 1.79. The zero-order chi connectivity index (χ0) is 13.1. The second-order valence-corrected chi connectivity index (χ2v) is 5.41. The van der Waals surface area contributed by atoms with Crippen LogP contribution in [0.2, 0.25) is 0 Å². The van der Waals surface area contributed by atoms with Gasteiger partial charge in [0.15, 0.2) is 0 Å². The van der Waals surface area contributed by atoms with E-state index in [1.807, 2.05) is 12.1 Å². The monoisotopic (exact) mass is 261 g/mol. The maximum atomic E-state index is 10.8. The van der Waals surface area contributed by atoms with Gasteiger partial charge in [-0.2, -0.15) is 0 Å². The molecular formula is C14H15NO2S. The number of carboxylic acid groups (broad SMARTS) is 1. The van der Waals surface area contributed by atoms with Crippen molar-refractivity contribution in [2.75, 3.05) is 0 Å². The summed E-state index contributed by atoms with van der Waals surface area (Å²) in [4.78, 5) is 15.8. The van der Waals surface area contributed by atoms with Gasteiger partial charge in [0.05, 0.1) is 17.6 Å². The largest absolute Gasteiger partial charge is 0.481 e. The summed E-state index contributed by atoms with van der Waals surface area (Å²) < 4.78 is 0. The number of carboxylic acids is 1. The fraction of sp³-hybridized carbons (Fsp3) is 0.286. The standard InChI is InChI=1S/C14H15NO2S/c1-9(2)10-3-5-11(6-4-10)14-12(7-13(16)17)18-8-15-14/h3-6,8-9H,7H2,1-2H3,(H,16,17). The molecule has 0 amide bonds. The van der Waals surface area contributed by atoms with Crippen LogP contribution in [0.1, 0.15) is 30.2 Å². The zero-order valence-electron chi connectivity index (χ0n) is 10.4. The predicted molar refractivity (Wildman–Crippen MR) is 73.0 cm³/mol. The normalized spacial score (nSPS) is 10.8. The van der Waals surface area contributed by atoms with Gasteiger partial charge in [-0.15, -0.1) is 11.3 Å². The highest BCUT2D eigenvalue weighted by Crippen LogP contribution is 2.27. The van der Waals surface area contributed by atoms with Crippen molar-refractivity contribution in [1.82, 2.24) is 4.98 Å². The van der Waals surface area contributed by atoms with Gasteiger partial charge >= 0.3 is 5.97 Å². The summed E-state index contributed by atoms with van der Waals surface area (Å²) in [5.41, 5.74) is 4.74. The van der Waals surface area contributed by atoms with Gasteiger partial charge in [-0.1, -0.05) is 38.1 Å². The van der Waals surface area contributed by atoms with Crippen LogP contribution in [0.15, 0.2) is 29.8 Å². The van der Waals surface area contributed by atoms with E-state index in [2.05, 4.69) is 31.0 Å². The van der Waals surface area contributed by atoms with Crippen LogP contribution in [0.25, 0.3) is 11.3 Å². The van der Waals surface area contributed by atoms with Crippen molar-refractivity contribution in [1.29, 1.82) is 0 Å². The lowest BCUT2D eigenvalue weighted by Crippen LogP contribution is -1.99. The van der Waals surface area contributed by atoms with Crippen LogP contribution in [0.3, 0.4) is 0 Å². The molecule has 0 aliphatic heterocycles. The fourth-order valence-corrected chi connectivity index (χ4v) is 2.57. The maximum absolute atomic E-state index is 10.8. The van der Waals surface area contributed by atoms with Crippen LogP contribution >= 0.6 is 11.3 Å². The van der Waals surface area contributed by atoms with Crippen molar-refractivity contribution in [3.63, 3.8) is 0 Å². The molecule has 1 aromatic heterocycles. The topological polar surface area (TPSA) is 50.2 Å². The van der Waals surface area contributed by atoms with Crippen LogP contribution in [0.5, 0.6) is 0 Å². The molecule has 1 heterocycles. The lowest BCUT2D eigenvalue weighted by atomic mass is 10.0. The van der Waals surface area contributed by atoms with Gasteiger partial charge in [0, 0.05) is 10.4 Å². The molecule has 0 aliphatic carbocycles. The van der Waals surface area contributed by atoms with Gasteiger partial charge in [0.1, 0.15) is 0 Å². The third kappa shape index (κ3) is 2.76. The molecule has 3 nitrogen and oxygen atoms in total. The molecule has 1 N–H and O–H groups in total. The van der Waals surface area contributed by atoms with Gasteiger partial charge in [-0.3, -0.25) is 4.79 Å². The number of aromatic nitrogens is 1. The zero-order valence-corrected chi connectivity index (χ0v) is 11.2. The Morgan fingerprint density at radius 3 is 2.56 bits per heavy atom. The first kappa shape index (κ1) is 12.8. The Bertz CT molecular complexity index is 543. The van der Waals surface area contributed by atoms with Crippen molar-refractivity contribution in [2.24, 2.45) is 0 Å². The maximum Gasteiger partial charge on any atom is 0.308 e. The SMILES string of the molecule is CC(C)c1ccc(-c2ncsc2CC(=O)O)cc1. The molecule has 2 rings (SSSR count). The average molecular weight is 261 g/mol. The molecule has 0 bridgehead atoms. The number of benzene rings is 1. The second-order valence-electron chi connectivity index (χ2n) is 4.47. The minimum Gasteiger partial charge on any atom is -0.481 e. The van der Waals surface area contributed by atoms with Crippen LogP contribution in [-0.2, 0) is 11.2 Å². The summed E-state index contributed by atoms with van der Waals surface area (Å²) in [5, 5.41) is 8.85. The smallest absolute Gasteiger partial charge is 0.308 e. The first-order valence-electron chi connectivity index (χ1n) is 5.82. The summed E-state index contributed by atoms with van der Waals surface area (Å²) in [5.74, 6) is -0.327. The molecule has 0 spiro atoms. The highest BCUT2D eigenvalue weighted by atomic mass is 32.1. The number of carbonyl (C=O) groups is 1. The Balaban J connectivity index is 2.31. The molecule has 0 fully saturated rings. The molecule has 1 aromatic carbocycles. The molecule has 0 radical (unpaired) electrons. The minimum absolute atomic E-state index is 0.0337. The van der Waals surface area contributed by atoms with Crippen LogP contribution in [0.4, 0.5) is 0 Å². The lowest BCUT2D eigenvalue weighted by molar-refractivity contribution is -0.136. The molecule has 2 aromatic rings. The Morgan fingerprint density at radius 2 is 2.00 bits per heavy atom. The second kappa shape index (κ2) is 5.31. The van der Waals surface area contributed by atoms with Gasteiger partial charge in [0.25, 0.3) is 0 Å². The number of hydrogen-bond donors (Lipinski definition) is 1. The summed E-state index contributed by atoms with van der Waals surface area (Å²) >= 11 is 1.39. The van der Waals surface area contributed by atoms with Crippen molar-refractivity contribution in [3.8, 4) is 11.3 Å². The first-order chi connectivity index (χ1) is 8.58. The highest BCUT2D eigenvalue weighted by molar-refractivity contribution is 7.10. The van der Waals surface area contributed by atoms with Crippen LogP contribution < -0.4 is 0 Å². The molecular weight excluding hydrogens is 246 g/mol. The average Bonchev–Trinajstić information content (AvgIpc) is 2.76. The number of aliphatic carboxylic acids is 1. The van der Waals surface area contributed by atoms with Gasteiger partial charge < -0.3 is 5.11 Å². The van der Waals surface area contributed by atoms with E-state index in [9.17, 15) is 4.79 Å². The number of thiazole rings is 1. The lowest BCUT2D eigenvalue weighted by Gasteiger charge is -2.06. The third-order valence-electron chi connectivity index (χ3n) is 2.80. The number of hydrogen-bond acceptors (Lipinski definition) is 3. The third-order valence-corrected chi connectivity index (χ3v) is 3.64. The molecule has 0 saturated carbocycles. The van der Waals surface area contributed by atoms with E-state index in [-0.39, 0.29) is 6.42 Å². The van der Waals surface area contributed by atoms with Crippen molar-refractivity contribution in [2.45, 2.75) is 26.2 Å². The molecule has 0 unspecified atom stereocenters. The summed E-state index contributed by atoms with van der Waals surface area (Å²) in [6.45, 7) is 4.29. The van der Waals surface area contributed by atoms with Gasteiger partial charge in [0.2, 0.25) is 0 Å². The summed E-state index contributed by atoms with van der Waals surface area (Å²) in [6, 6.07) is 8.17. The Hall–Kier alpha value is -1.68. The summed E-state index contributed by atoms with van der Waals surface area (Å²) in [7, 11) is 0. The Labute approximate surface area is 110 Å². The van der Waals surface area contributed by atoms with E-state index < -0.39 is 5.97 Å². The molecule has 0 atom stereocenters. The number of nitrogens with zero attached hydrogens (tertiary/aromatic N) is 1. The molecule has 94 valence electrons. The highest BCUT2D eigenvalue weighted by Gasteiger charge is 2.12. The Morgan fingerprint density at radius 1 is 1.33 bits per heavy atom. The van der Waals surface area contributed by atoms with E-state index >= 15 is 0 Å². The van der Waals surface area contributed by atoms with E-state index in [1.165, 1.54) is 16.9 Å². The predicted octanol–water partition coefficient (Wildman–Crippen LogP) is 3.56. The quantitative estimate of drug-likeness (QED) is 0.915. The van der Waals surface area contributed by atoms with E-state index in [4.69, 9.17) is 5.11 Å². The number of rotatable bonds is 4. The minimum atomic E-state index is -0.820. The summed E-state index contributed by atoms with van der Waals surface area (Å²) in [6.07, 6.45) is 0.0337. The van der Waals surface area contributed by atoms with Crippen molar-refractivity contribution >= 4 is 17.3 Å². The van der Waals surface area contributed by atoms with E-state index in [0.29, 0.717) is 5.92 Å². The van der Waals surface area contributed by atoms with Crippen molar-refractivity contribution in [3.05, 3.63) is 40.2 Å². The van der Waals surface area contributed by atoms with E-state index in [1.54, 1.807) is 5.51 Å². The van der Waals surface area contributed by atoms with Gasteiger partial charge in [-0.05, 0) is 11.5 Å².